The lowest BCUT2D eigenvalue weighted by atomic mass is 9.88. The highest BCUT2D eigenvalue weighted by molar-refractivity contribution is 7.91. The maximum absolute atomic E-state index is 11.9. The summed E-state index contributed by atoms with van der Waals surface area (Å²) in [4.78, 5) is 11.9. The topological polar surface area (TPSA) is 63.2 Å². The Morgan fingerprint density at radius 2 is 1.76 bits per heavy atom. The molecule has 2 aliphatic rings. The first-order chi connectivity index (χ1) is 7.98. The number of carbonyl (C=O) groups is 1. The molecule has 1 saturated carbocycles. The molecule has 98 valence electrons. The van der Waals surface area contributed by atoms with Crippen molar-refractivity contribution in [3.05, 3.63) is 0 Å². The van der Waals surface area contributed by atoms with Gasteiger partial charge in [-0.15, -0.1) is 11.6 Å². The fourth-order valence-corrected chi connectivity index (χ4v) is 5.15. The summed E-state index contributed by atoms with van der Waals surface area (Å²) in [6, 6.07) is -0.406. The Kier molecular flexibility index (Phi) is 3.98. The molecule has 6 heteroatoms. The molecular weight excluding hydrogens is 262 g/mol. The van der Waals surface area contributed by atoms with E-state index >= 15 is 0 Å². The number of hydrogen-bond donors (Lipinski definition) is 1. The first kappa shape index (κ1) is 13.1. The minimum atomic E-state index is -3.07. The summed E-state index contributed by atoms with van der Waals surface area (Å²) in [7, 11) is -3.07. The van der Waals surface area contributed by atoms with Gasteiger partial charge in [0.1, 0.15) is 0 Å². The highest BCUT2D eigenvalue weighted by Gasteiger charge is 2.38. The Morgan fingerprint density at radius 3 is 2.29 bits per heavy atom. The number of hydrogen-bond acceptors (Lipinski definition) is 3. The Labute approximate surface area is 107 Å². The molecule has 0 radical (unpaired) electrons. The van der Waals surface area contributed by atoms with Crippen LogP contribution in [0.5, 0.6) is 0 Å². The lowest BCUT2D eigenvalue weighted by molar-refractivity contribution is -0.126. The average Bonchev–Trinajstić information content (AvgIpc) is 2.53. The van der Waals surface area contributed by atoms with E-state index in [1.807, 2.05) is 0 Å². The third-order valence-corrected chi connectivity index (χ3v) is 5.96. The van der Waals surface area contributed by atoms with E-state index in [9.17, 15) is 13.2 Å². The quantitative estimate of drug-likeness (QED) is 0.770. The van der Waals surface area contributed by atoms with Crippen molar-refractivity contribution in [1.82, 2.24) is 5.32 Å². The fraction of sp³-hybridized carbons (Fsp3) is 0.909. The predicted octanol–water partition coefficient (Wildman–Crippen LogP) is 1.09. The van der Waals surface area contributed by atoms with E-state index in [0.29, 0.717) is 0 Å². The fourth-order valence-electron chi connectivity index (χ4n) is 2.60. The van der Waals surface area contributed by atoms with Crippen molar-refractivity contribution in [3.63, 3.8) is 0 Å². The van der Waals surface area contributed by atoms with Crippen LogP contribution in [0.2, 0.25) is 0 Å². The predicted molar refractivity (Wildman–Crippen MR) is 66.8 cm³/mol. The van der Waals surface area contributed by atoms with E-state index in [0.717, 1.165) is 25.7 Å². The van der Waals surface area contributed by atoms with Gasteiger partial charge in [-0.3, -0.25) is 4.79 Å². The van der Waals surface area contributed by atoms with Crippen molar-refractivity contribution in [2.45, 2.75) is 43.5 Å². The van der Waals surface area contributed by atoms with Gasteiger partial charge < -0.3 is 5.32 Å². The molecule has 0 aromatic carbocycles. The summed E-state index contributed by atoms with van der Waals surface area (Å²) >= 11 is 5.95. The van der Waals surface area contributed by atoms with Gasteiger partial charge >= 0.3 is 0 Å². The van der Waals surface area contributed by atoms with E-state index in [-0.39, 0.29) is 23.3 Å². The van der Waals surface area contributed by atoms with Crippen LogP contribution < -0.4 is 5.32 Å². The van der Waals surface area contributed by atoms with Crippen LogP contribution in [0.1, 0.15) is 32.1 Å². The van der Waals surface area contributed by atoms with Crippen LogP contribution in [0.15, 0.2) is 0 Å². The summed E-state index contributed by atoms with van der Waals surface area (Å²) in [5.41, 5.74) is 0. The molecule has 0 aromatic heterocycles. The molecule has 1 heterocycles. The Balaban J connectivity index is 1.90. The minimum Gasteiger partial charge on any atom is -0.351 e. The molecule has 2 fully saturated rings. The number of carbonyl (C=O) groups excluding carboxylic acids is 1. The molecule has 17 heavy (non-hydrogen) atoms. The Hall–Kier alpha value is -0.290. The highest BCUT2D eigenvalue weighted by Crippen LogP contribution is 2.25. The number of halogens is 1. The molecule has 4 nitrogen and oxygen atoms in total. The molecule has 2 unspecified atom stereocenters. The van der Waals surface area contributed by atoms with E-state index in [2.05, 4.69) is 5.32 Å². The molecule has 1 aliphatic heterocycles. The highest BCUT2D eigenvalue weighted by atomic mass is 35.5. The summed E-state index contributed by atoms with van der Waals surface area (Å²) < 4.78 is 22.7. The van der Waals surface area contributed by atoms with Crippen molar-refractivity contribution in [2.24, 2.45) is 5.92 Å². The number of amides is 1. The molecule has 1 aliphatic carbocycles. The maximum atomic E-state index is 11.9. The van der Waals surface area contributed by atoms with Crippen molar-refractivity contribution >= 4 is 27.3 Å². The second-order valence-corrected chi connectivity index (χ2v) is 7.76. The van der Waals surface area contributed by atoms with Gasteiger partial charge in [0.15, 0.2) is 9.84 Å². The first-order valence-electron chi connectivity index (χ1n) is 6.13. The molecule has 1 N–H and O–H groups in total. The van der Waals surface area contributed by atoms with Crippen LogP contribution in [-0.2, 0) is 14.6 Å². The van der Waals surface area contributed by atoms with Gasteiger partial charge in [0.05, 0.1) is 22.9 Å². The lowest BCUT2D eigenvalue weighted by Gasteiger charge is -2.23. The third-order valence-electron chi connectivity index (χ3n) is 3.59. The molecular formula is C11H18ClNO3S. The van der Waals surface area contributed by atoms with E-state index in [4.69, 9.17) is 11.6 Å². The van der Waals surface area contributed by atoms with Gasteiger partial charge in [-0.2, -0.15) is 0 Å². The zero-order chi connectivity index (χ0) is 12.5. The smallest absolute Gasteiger partial charge is 0.223 e. The minimum absolute atomic E-state index is 0.0143. The average molecular weight is 280 g/mol. The van der Waals surface area contributed by atoms with Crippen molar-refractivity contribution < 1.29 is 13.2 Å². The van der Waals surface area contributed by atoms with Gasteiger partial charge in [-0.25, -0.2) is 8.42 Å². The summed E-state index contributed by atoms with van der Waals surface area (Å²) in [5, 5.41) is 2.32. The number of alkyl halides is 1. The van der Waals surface area contributed by atoms with E-state index < -0.39 is 21.3 Å². The van der Waals surface area contributed by atoms with Crippen LogP contribution in [0.25, 0.3) is 0 Å². The molecule has 2 atom stereocenters. The van der Waals surface area contributed by atoms with Gasteiger partial charge in [0.25, 0.3) is 0 Å². The monoisotopic (exact) mass is 279 g/mol. The van der Waals surface area contributed by atoms with E-state index in [1.165, 1.54) is 6.42 Å². The summed E-state index contributed by atoms with van der Waals surface area (Å²) in [5.74, 6) is -0.00237. The summed E-state index contributed by atoms with van der Waals surface area (Å²) in [6.07, 6.45) is 5.20. The van der Waals surface area contributed by atoms with Gasteiger partial charge in [0, 0.05) is 5.92 Å². The summed E-state index contributed by atoms with van der Waals surface area (Å²) in [6.45, 7) is 0. The number of nitrogens with one attached hydrogen (secondary N) is 1. The Bertz CT molecular complexity index is 390. The molecule has 0 aromatic rings. The van der Waals surface area contributed by atoms with E-state index in [1.54, 1.807) is 0 Å². The Morgan fingerprint density at radius 1 is 1.12 bits per heavy atom. The largest absolute Gasteiger partial charge is 0.351 e. The molecule has 0 bridgehead atoms. The molecule has 1 amide bonds. The molecule has 1 saturated heterocycles. The van der Waals surface area contributed by atoms with Crippen LogP contribution in [-0.4, -0.2) is 37.2 Å². The van der Waals surface area contributed by atoms with Crippen LogP contribution >= 0.6 is 11.6 Å². The molecule has 2 rings (SSSR count). The second-order valence-electron chi connectivity index (χ2n) is 5.04. The normalized spacial score (nSPS) is 33.5. The standard InChI is InChI=1S/C11H18ClNO3S/c12-9-6-17(15,16)7-10(9)13-11(14)8-4-2-1-3-5-8/h8-10H,1-7H2,(H,13,14). The van der Waals surface area contributed by atoms with Crippen molar-refractivity contribution in [1.29, 1.82) is 0 Å². The van der Waals surface area contributed by atoms with Gasteiger partial charge in [0.2, 0.25) is 5.91 Å². The van der Waals surface area contributed by atoms with Crippen LogP contribution in [0.4, 0.5) is 0 Å². The maximum Gasteiger partial charge on any atom is 0.223 e. The van der Waals surface area contributed by atoms with Crippen LogP contribution in [0, 0.1) is 5.92 Å². The SMILES string of the molecule is O=C(NC1CS(=O)(=O)CC1Cl)C1CCCCC1. The van der Waals surface area contributed by atoms with Crippen molar-refractivity contribution in [3.8, 4) is 0 Å². The molecule has 0 spiro atoms. The lowest BCUT2D eigenvalue weighted by Crippen LogP contribution is -2.44. The number of rotatable bonds is 2. The second kappa shape index (κ2) is 5.14. The van der Waals surface area contributed by atoms with Gasteiger partial charge in [-0.1, -0.05) is 19.3 Å². The third kappa shape index (κ3) is 3.35. The zero-order valence-electron chi connectivity index (χ0n) is 9.69. The first-order valence-corrected chi connectivity index (χ1v) is 8.38. The van der Waals surface area contributed by atoms with Gasteiger partial charge in [-0.05, 0) is 12.8 Å². The van der Waals surface area contributed by atoms with Crippen LogP contribution in [0.3, 0.4) is 0 Å². The zero-order valence-corrected chi connectivity index (χ0v) is 11.3. The van der Waals surface area contributed by atoms with Crippen molar-refractivity contribution in [2.75, 3.05) is 11.5 Å². The number of sulfone groups is 1.